The van der Waals surface area contributed by atoms with Crippen molar-refractivity contribution in [2.75, 3.05) is 14.2 Å². The van der Waals surface area contributed by atoms with Crippen molar-refractivity contribution in [3.63, 3.8) is 0 Å². The molecule has 2 aromatic carbocycles. The Morgan fingerprint density at radius 1 is 1.22 bits per heavy atom. The number of hydrogen-bond acceptors (Lipinski definition) is 4. The smallest absolute Gasteiger partial charge is 0.252 e. The van der Waals surface area contributed by atoms with Gasteiger partial charge in [0.1, 0.15) is 0 Å². The number of phenols is 1. The maximum Gasteiger partial charge on any atom is 0.252 e. The molecule has 0 unspecified atom stereocenters. The van der Waals surface area contributed by atoms with Crippen LogP contribution in [0, 0.1) is 3.57 Å². The number of carbonyl (C=O) groups excluding carboxylic acids is 1. The number of hydrogen-bond donors (Lipinski definition) is 2. The minimum absolute atomic E-state index is 0.0746. The second-order valence-corrected chi connectivity index (χ2v) is 6.25. The lowest BCUT2D eigenvalue weighted by atomic mass is 10.1. The van der Waals surface area contributed by atoms with Gasteiger partial charge in [0.15, 0.2) is 11.5 Å². The summed E-state index contributed by atoms with van der Waals surface area (Å²) >= 11 is 8.01. The van der Waals surface area contributed by atoms with Gasteiger partial charge in [-0.05, 0) is 58.5 Å². The minimum Gasteiger partial charge on any atom is -0.502 e. The molecule has 0 heterocycles. The number of nitrogens with one attached hydrogen (secondary N) is 1. The molecule has 0 radical (unpaired) electrons. The van der Waals surface area contributed by atoms with Crippen molar-refractivity contribution >= 4 is 40.1 Å². The van der Waals surface area contributed by atoms with Crippen LogP contribution in [-0.4, -0.2) is 25.2 Å². The predicted molar refractivity (Wildman–Crippen MR) is 96.6 cm³/mol. The van der Waals surface area contributed by atoms with E-state index in [0.717, 1.165) is 9.13 Å². The minimum atomic E-state index is -0.233. The lowest BCUT2D eigenvalue weighted by molar-refractivity contribution is 0.0950. The van der Waals surface area contributed by atoms with Gasteiger partial charge in [-0.3, -0.25) is 4.79 Å². The maximum atomic E-state index is 12.3. The Morgan fingerprint density at radius 2 is 1.83 bits per heavy atom. The molecule has 2 aromatic rings. The molecule has 0 aliphatic carbocycles. The summed E-state index contributed by atoms with van der Waals surface area (Å²) < 4.78 is 11.0. The van der Waals surface area contributed by atoms with Gasteiger partial charge in [-0.2, -0.15) is 0 Å². The number of phenolic OH excluding ortho intramolecular Hbond substituents is 1. The van der Waals surface area contributed by atoms with Gasteiger partial charge in [0.25, 0.3) is 5.91 Å². The lowest BCUT2D eigenvalue weighted by Crippen LogP contribution is -2.23. The molecule has 0 bridgehead atoms. The van der Waals surface area contributed by atoms with E-state index in [9.17, 15) is 9.90 Å². The molecule has 0 aliphatic rings. The van der Waals surface area contributed by atoms with Crippen LogP contribution in [-0.2, 0) is 6.54 Å². The standard InChI is InChI=1S/C16H15ClINO4/c1-22-13-5-9(6-14(23-2)15(13)20)8-19-16(21)11-7-10(17)3-4-12(11)18/h3-7,20H,8H2,1-2H3,(H,19,21). The molecule has 0 aromatic heterocycles. The Balaban J connectivity index is 2.17. The van der Waals surface area contributed by atoms with Crippen molar-refractivity contribution in [2.45, 2.75) is 6.54 Å². The number of aromatic hydroxyl groups is 1. The first-order valence-corrected chi connectivity index (χ1v) is 8.09. The Bertz CT molecular complexity index is 711. The Labute approximate surface area is 152 Å². The largest absolute Gasteiger partial charge is 0.502 e. The fraction of sp³-hybridized carbons (Fsp3) is 0.188. The van der Waals surface area contributed by atoms with E-state index < -0.39 is 0 Å². The van der Waals surface area contributed by atoms with Crippen LogP contribution in [0.4, 0.5) is 0 Å². The van der Waals surface area contributed by atoms with E-state index >= 15 is 0 Å². The van der Waals surface area contributed by atoms with Crippen LogP contribution in [0.5, 0.6) is 17.2 Å². The Hall–Kier alpha value is -1.67. The van der Waals surface area contributed by atoms with Gasteiger partial charge >= 0.3 is 0 Å². The van der Waals surface area contributed by atoms with Crippen molar-refractivity contribution in [3.05, 3.63) is 50.1 Å². The molecule has 122 valence electrons. The van der Waals surface area contributed by atoms with Crippen LogP contribution in [0.15, 0.2) is 30.3 Å². The number of halogens is 2. The first-order valence-electron chi connectivity index (χ1n) is 6.63. The quantitative estimate of drug-likeness (QED) is 0.688. The van der Waals surface area contributed by atoms with Crippen molar-refractivity contribution in [1.82, 2.24) is 5.32 Å². The second-order valence-electron chi connectivity index (χ2n) is 4.66. The van der Waals surface area contributed by atoms with Gasteiger partial charge in [0.2, 0.25) is 5.75 Å². The summed E-state index contributed by atoms with van der Waals surface area (Å²) in [6.07, 6.45) is 0. The highest BCUT2D eigenvalue weighted by molar-refractivity contribution is 14.1. The van der Waals surface area contributed by atoms with E-state index in [-0.39, 0.29) is 29.7 Å². The molecule has 0 fully saturated rings. The van der Waals surface area contributed by atoms with Crippen LogP contribution in [0.3, 0.4) is 0 Å². The topological polar surface area (TPSA) is 67.8 Å². The molecule has 2 rings (SSSR count). The molecule has 0 saturated carbocycles. The van der Waals surface area contributed by atoms with Crippen molar-refractivity contribution in [2.24, 2.45) is 0 Å². The normalized spacial score (nSPS) is 10.3. The Morgan fingerprint density at radius 3 is 2.39 bits per heavy atom. The number of carbonyl (C=O) groups is 1. The lowest BCUT2D eigenvalue weighted by Gasteiger charge is -2.12. The summed E-state index contributed by atoms with van der Waals surface area (Å²) in [6, 6.07) is 8.42. The maximum absolute atomic E-state index is 12.3. The number of amides is 1. The molecular formula is C16H15ClINO4. The van der Waals surface area contributed by atoms with E-state index in [0.29, 0.717) is 10.6 Å². The van der Waals surface area contributed by atoms with Crippen LogP contribution in [0.1, 0.15) is 15.9 Å². The first-order chi connectivity index (χ1) is 11.0. The fourth-order valence-electron chi connectivity index (χ4n) is 2.00. The number of methoxy groups -OCH3 is 2. The van der Waals surface area contributed by atoms with Crippen LogP contribution < -0.4 is 14.8 Å². The molecule has 5 nitrogen and oxygen atoms in total. The molecule has 0 spiro atoms. The molecule has 2 N–H and O–H groups in total. The molecule has 0 saturated heterocycles. The molecule has 7 heteroatoms. The van der Waals surface area contributed by atoms with Gasteiger partial charge in [0, 0.05) is 15.1 Å². The summed E-state index contributed by atoms with van der Waals surface area (Å²) in [5.41, 5.74) is 1.25. The molecule has 0 atom stereocenters. The summed E-state index contributed by atoms with van der Waals surface area (Å²) in [4.78, 5) is 12.3. The zero-order chi connectivity index (χ0) is 17.0. The zero-order valence-electron chi connectivity index (χ0n) is 12.5. The van der Waals surface area contributed by atoms with Crippen molar-refractivity contribution < 1.29 is 19.4 Å². The number of ether oxygens (including phenoxy) is 2. The molecule has 1 amide bonds. The number of rotatable bonds is 5. The average Bonchev–Trinajstić information content (AvgIpc) is 2.55. The van der Waals surface area contributed by atoms with E-state index in [1.807, 2.05) is 0 Å². The van der Waals surface area contributed by atoms with Gasteiger partial charge < -0.3 is 19.9 Å². The van der Waals surface area contributed by atoms with E-state index in [4.69, 9.17) is 21.1 Å². The summed E-state index contributed by atoms with van der Waals surface area (Å²) in [7, 11) is 2.90. The summed E-state index contributed by atoms with van der Waals surface area (Å²) in [6.45, 7) is 0.258. The summed E-state index contributed by atoms with van der Waals surface area (Å²) in [5.74, 6) is 0.259. The highest BCUT2D eigenvalue weighted by Gasteiger charge is 2.14. The third kappa shape index (κ3) is 4.20. The summed E-state index contributed by atoms with van der Waals surface area (Å²) in [5, 5.41) is 13.2. The van der Waals surface area contributed by atoms with Gasteiger partial charge in [-0.15, -0.1) is 0 Å². The highest BCUT2D eigenvalue weighted by Crippen LogP contribution is 2.37. The van der Waals surface area contributed by atoms with Crippen molar-refractivity contribution in [1.29, 1.82) is 0 Å². The van der Waals surface area contributed by atoms with Crippen LogP contribution in [0.25, 0.3) is 0 Å². The fourth-order valence-corrected chi connectivity index (χ4v) is 2.75. The van der Waals surface area contributed by atoms with E-state index in [1.165, 1.54) is 14.2 Å². The molecular weight excluding hydrogens is 433 g/mol. The molecule has 23 heavy (non-hydrogen) atoms. The SMILES string of the molecule is COc1cc(CNC(=O)c2cc(Cl)ccc2I)cc(OC)c1O. The van der Waals surface area contributed by atoms with Gasteiger partial charge in [-0.1, -0.05) is 11.6 Å². The van der Waals surface area contributed by atoms with Gasteiger partial charge in [0.05, 0.1) is 19.8 Å². The van der Waals surface area contributed by atoms with Gasteiger partial charge in [-0.25, -0.2) is 0 Å². The second kappa shape index (κ2) is 7.74. The first kappa shape index (κ1) is 17.7. The van der Waals surface area contributed by atoms with E-state index in [2.05, 4.69) is 27.9 Å². The molecule has 0 aliphatic heterocycles. The highest BCUT2D eigenvalue weighted by atomic mass is 127. The van der Waals surface area contributed by atoms with E-state index in [1.54, 1.807) is 30.3 Å². The third-order valence-corrected chi connectivity index (χ3v) is 4.34. The Kier molecular flexibility index (Phi) is 5.95. The number of benzene rings is 2. The van der Waals surface area contributed by atoms with Crippen molar-refractivity contribution in [3.8, 4) is 17.2 Å². The van der Waals surface area contributed by atoms with Crippen LogP contribution in [0.2, 0.25) is 5.02 Å². The van der Waals surface area contributed by atoms with Crippen LogP contribution >= 0.6 is 34.2 Å². The monoisotopic (exact) mass is 447 g/mol. The third-order valence-electron chi connectivity index (χ3n) is 3.17. The zero-order valence-corrected chi connectivity index (χ0v) is 15.4. The average molecular weight is 448 g/mol. The predicted octanol–water partition coefficient (Wildman–Crippen LogP) is 3.60.